The summed E-state index contributed by atoms with van der Waals surface area (Å²) in [4.78, 5) is 0. The maximum atomic E-state index is 3.80. The van der Waals surface area contributed by atoms with Gasteiger partial charge in [0.15, 0.2) is 0 Å². The molecule has 0 amide bonds. The van der Waals surface area contributed by atoms with Crippen molar-refractivity contribution in [2.75, 3.05) is 6.54 Å². The monoisotopic (exact) mass is 401 g/mol. The van der Waals surface area contributed by atoms with Crippen molar-refractivity contribution < 1.29 is 0 Å². The molecule has 1 unspecified atom stereocenters. The third-order valence-electron chi connectivity index (χ3n) is 4.28. The van der Waals surface area contributed by atoms with Gasteiger partial charge in [-0.15, -0.1) is 0 Å². The smallest absolute Gasteiger partial charge is 0.0360 e. The highest BCUT2D eigenvalue weighted by Gasteiger charge is 2.25. The van der Waals surface area contributed by atoms with Gasteiger partial charge in [0.1, 0.15) is 0 Å². The Balaban J connectivity index is 2.22. The number of nitrogens with one attached hydrogen (secondary N) is 1. The van der Waals surface area contributed by atoms with Crippen molar-refractivity contribution in [2.24, 2.45) is 5.92 Å². The van der Waals surface area contributed by atoms with E-state index in [1.165, 1.54) is 59.5 Å². The maximum Gasteiger partial charge on any atom is 0.0360 e. The summed E-state index contributed by atoms with van der Waals surface area (Å²) in [6, 6.07) is 7.04. The van der Waals surface area contributed by atoms with Crippen molar-refractivity contribution in [2.45, 2.75) is 57.9 Å². The molecule has 1 nitrogen and oxygen atoms in total. The van der Waals surface area contributed by atoms with Crippen LogP contribution in [-0.2, 0) is 0 Å². The topological polar surface area (TPSA) is 12.0 Å². The fraction of sp³-hybridized carbons (Fsp3) is 0.647. The number of rotatable bonds is 5. The first-order valence-corrected chi connectivity index (χ1v) is 9.49. The normalized spacial score (nSPS) is 18.8. The summed E-state index contributed by atoms with van der Waals surface area (Å²) < 4.78 is 2.41. The van der Waals surface area contributed by atoms with E-state index >= 15 is 0 Å². The molecule has 1 aliphatic carbocycles. The van der Waals surface area contributed by atoms with Crippen LogP contribution in [0.4, 0.5) is 0 Å². The lowest BCUT2D eigenvalue weighted by molar-refractivity contribution is 0.325. The van der Waals surface area contributed by atoms with Crippen molar-refractivity contribution in [3.8, 4) is 0 Å². The molecule has 1 atom stereocenters. The number of hydrogen-bond acceptors (Lipinski definition) is 1. The minimum Gasteiger partial charge on any atom is -0.310 e. The second-order valence-corrected chi connectivity index (χ2v) is 7.62. The molecule has 0 aromatic heterocycles. The highest BCUT2D eigenvalue weighted by Crippen LogP contribution is 2.37. The Labute approximate surface area is 140 Å². The third kappa shape index (κ3) is 4.57. The Bertz CT molecular complexity index is 411. The summed E-state index contributed by atoms with van der Waals surface area (Å²) in [5, 5.41) is 3.80. The van der Waals surface area contributed by atoms with Crippen LogP contribution >= 0.6 is 31.9 Å². The summed E-state index contributed by atoms with van der Waals surface area (Å²) in [6.07, 6.45) is 9.52. The van der Waals surface area contributed by atoms with E-state index in [9.17, 15) is 0 Å². The summed E-state index contributed by atoms with van der Waals surface area (Å²) in [7, 11) is 0. The lowest BCUT2D eigenvalue weighted by atomic mass is 9.87. The van der Waals surface area contributed by atoms with Crippen LogP contribution in [0.1, 0.15) is 63.5 Å². The van der Waals surface area contributed by atoms with E-state index in [4.69, 9.17) is 0 Å². The van der Waals surface area contributed by atoms with Crippen LogP contribution in [0.3, 0.4) is 0 Å². The van der Waals surface area contributed by atoms with Gasteiger partial charge >= 0.3 is 0 Å². The molecule has 112 valence electrons. The van der Waals surface area contributed by atoms with Crippen LogP contribution in [0, 0.1) is 5.92 Å². The predicted molar refractivity (Wildman–Crippen MR) is 94.1 cm³/mol. The van der Waals surface area contributed by atoms with Gasteiger partial charge in [0.2, 0.25) is 0 Å². The first-order valence-electron chi connectivity index (χ1n) is 7.90. The zero-order valence-electron chi connectivity index (χ0n) is 12.3. The Kier molecular flexibility index (Phi) is 7.06. The van der Waals surface area contributed by atoms with E-state index < -0.39 is 0 Å². The van der Waals surface area contributed by atoms with Crippen LogP contribution in [0.5, 0.6) is 0 Å². The van der Waals surface area contributed by atoms with E-state index in [2.05, 4.69) is 62.3 Å². The summed E-state index contributed by atoms with van der Waals surface area (Å²) in [5.74, 6) is 0.773. The van der Waals surface area contributed by atoms with Crippen molar-refractivity contribution in [3.63, 3.8) is 0 Å². The van der Waals surface area contributed by atoms with E-state index in [1.807, 2.05) is 0 Å². The summed E-state index contributed by atoms with van der Waals surface area (Å²) in [5.41, 5.74) is 1.42. The molecule has 1 N–H and O–H groups in total. The van der Waals surface area contributed by atoms with Gasteiger partial charge in [-0.3, -0.25) is 0 Å². The molecule has 1 aliphatic rings. The van der Waals surface area contributed by atoms with Gasteiger partial charge in [-0.25, -0.2) is 0 Å². The molecule has 0 radical (unpaired) electrons. The van der Waals surface area contributed by atoms with E-state index in [0.29, 0.717) is 6.04 Å². The standard InChI is InChI=1S/C17H25Br2N/c1-2-11-20-17(13-7-5-3-4-6-8-13)15-12-14(18)9-10-16(15)19/h9-10,12-13,17,20H,2-8,11H2,1H3. The average molecular weight is 403 g/mol. The molecule has 0 saturated heterocycles. The molecule has 1 saturated carbocycles. The quantitative estimate of drug-likeness (QED) is 0.576. The number of hydrogen-bond donors (Lipinski definition) is 1. The Hall–Kier alpha value is 0.140. The molecule has 0 heterocycles. The van der Waals surface area contributed by atoms with Crippen LogP contribution in [0.25, 0.3) is 0 Å². The predicted octanol–water partition coefficient (Wildman–Crippen LogP) is 6.22. The SMILES string of the molecule is CCCNC(c1cc(Br)ccc1Br)C1CCCCCC1. The summed E-state index contributed by atoms with van der Waals surface area (Å²) >= 11 is 7.37. The molecule has 0 bridgehead atoms. The molecular formula is C17H25Br2N. The van der Waals surface area contributed by atoms with Crippen LogP contribution < -0.4 is 5.32 Å². The van der Waals surface area contributed by atoms with Gasteiger partial charge in [-0.1, -0.05) is 64.5 Å². The van der Waals surface area contributed by atoms with Crippen LogP contribution in [-0.4, -0.2) is 6.54 Å². The highest BCUT2D eigenvalue weighted by molar-refractivity contribution is 9.11. The second-order valence-electron chi connectivity index (χ2n) is 5.85. The first kappa shape index (κ1) is 16.5. The zero-order valence-corrected chi connectivity index (χ0v) is 15.5. The number of halogens is 2. The van der Waals surface area contributed by atoms with Gasteiger partial charge in [0.05, 0.1) is 0 Å². The lowest BCUT2D eigenvalue weighted by Crippen LogP contribution is -2.29. The van der Waals surface area contributed by atoms with E-state index in [-0.39, 0.29) is 0 Å². The minimum atomic E-state index is 0.486. The van der Waals surface area contributed by atoms with Crippen LogP contribution in [0.15, 0.2) is 27.1 Å². The maximum absolute atomic E-state index is 3.80. The summed E-state index contributed by atoms with van der Waals surface area (Å²) in [6.45, 7) is 3.34. The van der Waals surface area contributed by atoms with Gasteiger partial charge in [-0.2, -0.15) is 0 Å². The molecule has 1 aromatic carbocycles. The Morgan fingerprint density at radius 1 is 1.15 bits per heavy atom. The van der Waals surface area contributed by atoms with Crippen molar-refractivity contribution in [1.82, 2.24) is 5.32 Å². The molecule has 3 heteroatoms. The van der Waals surface area contributed by atoms with Gasteiger partial charge in [-0.05, 0) is 55.5 Å². The molecule has 0 aliphatic heterocycles. The Morgan fingerprint density at radius 2 is 1.85 bits per heavy atom. The minimum absolute atomic E-state index is 0.486. The fourth-order valence-corrected chi connectivity index (χ4v) is 4.10. The zero-order chi connectivity index (χ0) is 14.4. The molecule has 0 spiro atoms. The van der Waals surface area contributed by atoms with E-state index in [1.54, 1.807) is 0 Å². The van der Waals surface area contributed by atoms with Gasteiger partial charge in [0.25, 0.3) is 0 Å². The third-order valence-corrected chi connectivity index (χ3v) is 5.49. The number of benzene rings is 1. The molecular weight excluding hydrogens is 378 g/mol. The second kappa shape index (κ2) is 8.55. The largest absolute Gasteiger partial charge is 0.310 e. The first-order chi connectivity index (χ1) is 9.72. The van der Waals surface area contributed by atoms with Crippen LogP contribution in [0.2, 0.25) is 0 Å². The van der Waals surface area contributed by atoms with Crippen molar-refractivity contribution in [3.05, 3.63) is 32.7 Å². The average Bonchev–Trinajstić information content (AvgIpc) is 2.72. The lowest BCUT2D eigenvalue weighted by Gasteiger charge is -2.29. The fourth-order valence-electron chi connectivity index (χ4n) is 3.23. The highest BCUT2D eigenvalue weighted by atomic mass is 79.9. The molecule has 1 aromatic rings. The molecule has 1 fully saturated rings. The van der Waals surface area contributed by atoms with Crippen molar-refractivity contribution in [1.29, 1.82) is 0 Å². The van der Waals surface area contributed by atoms with E-state index in [0.717, 1.165) is 12.5 Å². The van der Waals surface area contributed by atoms with Gasteiger partial charge < -0.3 is 5.32 Å². The van der Waals surface area contributed by atoms with Gasteiger partial charge in [0, 0.05) is 15.0 Å². The van der Waals surface area contributed by atoms with Crippen molar-refractivity contribution >= 4 is 31.9 Å². The Morgan fingerprint density at radius 3 is 2.50 bits per heavy atom. The molecule has 2 rings (SSSR count). The molecule has 20 heavy (non-hydrogen) atoms.